The van der Waals surface area contributed by atoms with E-state index in [1.165, 1.54) is 24.3 Å². The van der Waals surface area contributed by atoms with Gasteiger partial charge in [-0.2, -0.15) is 0 Å². The fourth-order valence-corrected chi connectivity index (χ4v) is 3.25. The van der Waals surface area contributed by atoms with Crippen LogP contribution in [0.25, 0.3) is 0 Å². The van der Waals surface area contributed by atoms with Crippen molar-refractivity contribution in [2.24, 2.45) is 0 Å². The SMILES string of the molecule is CCC1Oc2ccc(S(=O)(=O)NC(=O)c3cc(C)no3)cc2NC1=O. The number of carbonyl (C=O) groups is 2. The van der Waals surface area contributed by atoms with Gasteiger partial charge in [0.1, 0.15) is 5.75 Å². The van der Waals surface area contributed by atoms with Crippen LogP contribution in [0, 0.1) is 6.92 Å². The van der Waals surface area contributed by atoms with E-state index in [1.807, 2.05) is 4.72 Å². The number of hydrogen-bond acceptors (Lipinski definition) is 7. The molecule has 1 aromatic carbocycles. The highest BCUT2D eigenvalue weighted by atomic mass is 32.2. The van der Waals surface area contributed by atoms with Gasteiger partial charge in [0.05, 0.1) is 16.3 Å². The molecule has 0 aliphatic carbocycles. The van der Waals surface area contributed by atoms with Gasteiger partial charge in [0, 0.05) is 6.07 Å². The Bertz CT molecular complexity index is 950. The van der Waals surface area contributed by atoms with Gasteiger partial charge in [0.25, 0.3) is 15.9 Å². The van der Waals surface area contributed by atoms with Crippen LogP contribution in [0.1, 0.15) is 29.6 Å². The number of ether oxygens (including phenoxy) is 1. The Hall–Kier alpha value is -2.88. The van der Waals surface area contributed by atoms with E-state index in [9.17, 15) is 18.0 Å². The molecule has 2 aromatic rings. The van der Waals surface area contributed by atoms with Crippen LogP contribution in [0.15, 0.2) is 33.7 Å². The average molecular weight is 365 g/mol. The quantitative estimate of drug-likeness (QED) is 0.833. The van der Waals surface area contributed by atoms with Gasteiger partial charge < -0.3 is 14.6 Å². The Morgan fingerprint density at radius 3 is 2.76 bits per heavy atom. The second kappa shape index (κ2) is 6.20. The molecule has 0 fully saturated rings. The third-order valence-corrected chi connectivity index (χ3v) is 4.86. The molecule has 25 heavy (non-hydrogen) atoms. The molecule has 2 N–H and O–H groups in total. The van der Waals surface area contributed by atoms with Crippen molar-refractivity contribution in [3.8, 4) is 5.75 Å². The summed E-state index contributed by atoms with van der Waals surface area (Å²) in [7, 11) is -4.16. The molecule has 2 amide bonds. The van der Waals surface area contributed by atoms with Crippen LogP contribution in [-0.2, 0) is 14.8 Å². The number of carbonyl (C=O) groups excluding carboxylic acids is 2. The van der Waals surface area contributed by atoms with Crippen LogP contribution >= 0.6 is 0 Å². The van der Waals surface area contributed by atoms with Crippen molar-refractivity contribution in [1.29, 1.82) is 0 Å². The number of rotatable bonds is 4. The van der Waals surface area contributed by atoms with Gasteiger partial charge in [0.15, 0.2) is 6.10 Å². The molecule has 0 saturated carbocycles. The molecule has 2 heterocycles. The molecule has 0 spiro atoms. The van der Waals surface area contributed by atoms with Crippen LogP contribution in [-0.4, -0.2) is 31.5 Å². The van der Waals surface area contributed by atoms with Gasteiger partial charge >= 0.3 is 5.91 Å². The van der Waals surface area contributed by atoms with Crippen molar-refractivity contribution < 1.29 is 27.3 Å². The molecule has 1 aliphatic rings. The summed E-state index contributed by atoms with van der Waals surface area (Å²) in [5, 5.41) is 6.12. The zero-order chi connectivity index (χ0) is 18.2. The Labute approximate surface area is 143 Å². The van der Waals surface area contributed by atoms with Crippen molar-refractivity contribution in [2.45, 2.75) is 31.3 Å². The Kier molecular flexibility index (Phi) is 4.21. The number of aromatic nitrogens is 1. The lowest BCUT2D eigenvalue weighted by Gasteiger charge is -2.25. The van der Waals surface area contributed by atoms with Crippen molar-refractivity contribution >= 4 is 27.5 Å². The molecular formula is C15H15N3O6S. The number of amides is 2. The maximum absolute atomic E-state index is 12.4. The van der Waals surface area contributed by atoms with E-state index in [4.69, 9.17) is 9.26 Å². The first kappa shape index (κ1) is 17.0. The molecule has 1 aromatic heterocycles. The summed E-state index contributed by atoms with van der Waals surface area (Å²) < 4.78 is 36.8. The van der Waals surface area contributed by atoms with Crippen LogP contribution in [0.2, 0.25) is 0 Å². The molecule has 9 nitrogen and oxygen atoms in total. The second-order valence-electron chi connectivity index (χ2n) is 5.43. The summed E-state index contributed by atoms with van der Waals surface area (Å²) in [5.74, 6) is -1.15. The predicted octanol–water partition coefficient (Wildman–Crippen LogP) is 1.21. The smallest absolute Gasteiger partial charge is 0.303 e. The maximum Gasteiger partial charge on any atom is 0.303 e. The molecular weight excluding hydrogens is 350 g/mol. The maximum atomic E-state index is 12.4. The first-order valence-corrected chi connectivity index (χ1v) is 8.90. The standard InChI is InChI=1S/C15H15N3O6S/c1-3-11-14(19)16-10-7-9(4-5-12(10)23-11)25(21,22)18-15(20)13-6-8(2)17-24-13/h4-7,11H,3H2,1-2H3,(H,16,19)(H,18,20). The minimum atomic E-state index is -4.16. The Morgan fingerprint density at radius 1 is 1.36 bits per heavy atom. The van der Waals surface area contributed by atoms with E-state index in [-0.39, 0.29) is 22.3 Å². The Balaban J connectivity index is 1.85. The van der Waals surface area contributed by atoms with Crippen molar-refractivity contribution in [3.05, 3.63) is 35.7 Å². The molecule has 1 atom stereocenters. The van der Waals surface area contributed by atoms with Crippen LogP contribution < -0.4 is 14.8 Å². The number of nitrogens with one attached hydrogen (secondary N) is 2. The molecule has 1 aliphatic heterocycles. The minimum absolute atomic E-state index is 0.199. The first-order valence-electron chi connectivity index (χ1n) is 7.42. The van der Waals surface area contributed by atoms with Crippen molar-refractivity contribution in [1.82, 2.24) is 9.88 Å². The van der Waals surface area contributed by atoms with E-state index in [0.29, 0.717) is 17.9 Å². The highest BCUT2D eigenvalue weighted by Gasteiger charge is 2.28. The first-order chi connectivity index (χ1) is 11.8. The highest BCUT2D eigenvalue weighted by Crippen LogP contribution is 2.32. The average Bonchev–Trinajstić information content (AvgIpc) is 3.00. The molecule has 0 radical (unpaired) electrons. The number of fused-ring (bicyclic) bond motifs is 1. The fraction of sp³-hybridized carbons (Fsp3) is 0.267. The third kappa shape index (κ3) is 3.33. The number of aryl methyl sites for hydroxylation is 1. The van der Waals surface area contributed by atoms with Crippen LogP contribution in [0.4, 0.5) is 5.69 Å². The van der Waals surface area contributed by atoms with Gasteiger partial charge in [0.2, 0.25) is 5.76 Å². The van der Waals surface area contributed by atoms with E-state index < -0.39 is 22.0 Å². The minimum Gasteiger partial charge on any atom is -0.478 e. The highest BCUT2D eigenvalue weighted by molar-refractivity contribution is 7.90. The molecule has 10 heteroatoms. The largest absolute Gasteiger partial charge is 0.478 e. The van der Waals surface area contributed by atoms with Gasteiger partial charge in [-0.25, -0.2) is 13.1 Å². The van der Waals surface area contributed by atoms with Crippen LogP contribution in [0.3, 0.4) is 0 Å². The van der Waals surface area contributed by atoms with E-state index >= 15 is 0 Å². The van der Waals surface area contributed by atoms with Crippen molar-refractivity contribution in [2.75, 3.05) is 5.32 Å². The number of hydrogen-bond donors (Lipinski definition) is 2. The fourth-order valence-electron chi connectivity index (χ4n) is 2.27. The van der Waals surface area contributed by atoms with Crippen molar-refractivity contribution in [3.63, 3.8) is 0 Å². The predicted molar refractivity (Wildman–Crippen MR) is 85.7 cm³/mol. The summed E-state index contributed by atoms with van der Waals surface area (Å²) in [4.78, 5) is 23.6. The van der Waals surface area contributed by atoms with E-state index in [2.05, 4.69) is 10.5 Å². The lowest BCUT2D eigenvalue weighted by atomic mass is 10.2. The van der Waals surface area contributed by atoms with E-state index in [0.717, 1.165) is 0 Å². The molecule has 0 saturated heterocycles. The number of benzene rings is 1. The number of nitrogens with zero attached hydrogens (tertiary/aromatic N) is 1. The zero-order valence-electron chi connectivity index (χ0n) is 13.4. The van der Waals surface area contributed by atoms with Crippen LogP contribution in [0.5, 0.6) is 5.75 Å². The second-order valence-corrected chi connectivity index (χ2v) is 7.11. The monoisotopic (exact) mass is 365 g/mol. The summed E-state index contributed by atoms with van der Waals surface area (Å²) >= 11 is 0. The topological polar surface area (TPSA) is 128 Å². The van der Waals surface area contributed by atoms with Gasteiger partial charge in [-0.05, 0) is 31.5 Å². The van der Waals surface area contributed by atoms with Gasteiger partial charge in [-0.15, -0.1) is 0 Å². The summed E-state index contributed by atoms with van der Waals surface area (Å²) in [6, 6.07) is 5.25. The van der Waals surface area contributed by atoms with Gasteiger partial charge in [-0.3, -0.25) is 9.59 Å². The third-order valence-electron chi connectivity index (χ3n) is 3.53. The molecule has 0 bridgehead atoms. The molecule has 1 unspecified atom stereocenters. The van der Waals surface area contributed by atoms with E-state index in [1.54, 1.807) is 13.8 Å². The lowest BCUT2D eigenvalue weighted by Crippen LogP contribution is -2.36. The molecule has 132 valence electrons. The number of sulfonamides is 1. The van der Waals surface area contributed by atoms with Gasteiger partial charge in [-0.1, -0.05) is 12.1 Å². The summed E-state index contributed by atoms with van der Waals surface area (Å²) in [6.07, 6.45) is -0.137. The molecule has 3 rings (SSSR count). The zero-order valence-corrected chi connectivity index (χ0v) is 14.2. The number of anilines is 1. The Morgan fingerprint density at radius 2 is 2.12 bits per heavy atom. The lowest BCUT2D eigenvalue weighted by molar-refractivity contribution is -0.123. The summed E-state index contributed by atoms with van der Waals surface area (Å²) in [5.41, 5.74) is 0.669. The summed E-state index contributed by atoms with van der Waals surface area (Å²) in [6.45, 7) is 3.40. The normalized spacial score (nSPS) is 16.6.